The molecule has 1 aromatic heterocycles. The van der Waals surface area contributed by atoms with E-state index in [2.05, 4.69) is 41.0 Å². The molecule has 0 spiro atoms. The van der Waals surface area contributed by atoms with Gasteiger partial charge >= 0.3 is 0 Å². The predicted molar refractivity (Wildman–Crippen MR) is 77.4 cm³/mol. The molecule has 2 nitrogen and oxygen atoms in total. The highest BCUT2D eigenvalue weighted by molar-refractivity contribution is 5.33. The van der Waals surface area contributed by atoms with E-state index < -0.39 is 0 Å². The van der Waals surface area contributed by atoms with E-state index >= 15 is 0 Å². The van der Waals surface area contributed by atoms with Gasteiger partial charge in [0.2, 0.25) is 0 Å². The Kier molecular flexibility index (Phi) is 3.69. The Balaban J connectivity index is 1.89. The summed E-state index contributed by atoms with van der Waals surface area (Å²) in [5, 5.41) is 9.05. The SMILES string of the molecule is OCCCc1cc2c(n1Cc1ccccc1)CCC2. The van der Waals surface area contributed by atoms with Crippen LogP contribution in [0.3, 0.4) is 0 Å². The fraction of sp³-hybridized carbons (Fsp3) is 0.412. The monoisotopic (exact) mass is 255 g/mol. The van der Waals surface area contributed by atoms with Gasteiger partial charge in [0, 0.05) is 24.5 Å². The number of rotatable bonds is 5. The van der Waals surface area contributed by atoms with E-state index in [4.69, 9.17) is 5.11 Å². The van der Waals surface area contributed by atoms with Crippen LogP contribution in [0.1, 0.15) is 35.4 Å². The van der Waals surface area contributed by atoms with Crippen molar-refractivity contribution in [3.8, 4) is 0 Å². The van der Waals surface area contributed by atoms with Gasteiger partial charge in [-0.3, -0.25) is 0 Å². The van der Waals surface area contributed by atoms with Gasteiger partial charge in [-0.25, -0.2) is 0 Å². The van der Waals surface area contributed by atoms with Gasteiger partial charge in [-0.1, -0.05) is 30.3 Å². The zero-order valence-corrected chi connectivity index (χ0v) is 11.3. The van der Waals surface area contributed by atoms with Crippen LogP contribution in [0, 0.1) is 0 Å². The molecule has 0 bridgehead atoms. The molecule has 1 aliphatic rings. The fourth-order valence-corrected chi connectivity index (χ4v) is 3.10. The van der Waals surface area contributed by atoms with Gasteiger partial charge in [0.15, 0.2) is 0 Å². The molecule has 0 fully saturated rings. The second-order valence-corrected chi connectivity index (χ2v) is 5.36. The Morgan fingerprint density at radius 1 is 1.11 bits per heavy atom. The number of aromatic nitrogens is 1. The smallest absolute Gasteiger partial charge is 0.0475 e. The van der Waals surface area contributed by atoms with Crippen molar-refractivity contribution in [2.45, 2.75) is 38.6 Å². The van der Waals surface area contributed by atoms with E-state index in [0.717, 1.165) is 19.4 Å². The van der Waals surface area contributed by atoms with Gasteiger partial charge < -0.3 is 9.67 Å². The highest BCUT2D eigenvalue weighted by Crippen LogP contribution is 2.27. The molecule has 1 heterocycles. The van der Waals surface area contributed by atoms with E-state index in [1.807, 2.05) is 0 Å². The minimum Gasteiger partial charge on any atom is -0.396 e. The van der Waals surface area contributed by atoms with Crippen LogP contribution in [0.15, 0.2) is 36.4 Å². The first kappa shape index (κ1) is 12.5. The van der Waals surface area contributed by atoms with Crippen LogP contribution in [0.2, 0.25) is 0 Å². The van der Waals surface area contributed by atoms with Crippen molar-refractivity contribution in [1.29, 1.82) is 0 Å². The molecule has 3 rings (SSSR count). The van der Waals surface area contributed by atoms with Gasteiger partial charge in [-0.15, -0.1) is 0 Å². The molecule has 1 N–H and O–H groups in total. The van der Waals surface area contributed by atoms with Crippen LogP contribution in [-0.4, -0.2) is 16.3 Å². The molecule has 0 unspecified atom stereocenters. The van der Waals surface area contributed by atoms with Crippen molar-refractivity contribution in [3.63, 3.8) is 0 Å². The lowest BCUT2D eigenvalue weighted by atomic mass is 10.2. The molecule has 1 aromatic carbocycles. The topological polar surface area (TPSA) is 25.2 Å². The molecule has 19 heavy (non-hydrogen) atoms. The number of fused-ring (bicyclic) bond motifs is 1. The Bertz CT molecular complexity index is 542. The van der Waals surface area contributed by atoms with E-state index in [9.17, 15) is 0 Å². The molecule has 100 valence electrons. The van der Waals surface area contributed by atoms with E-state index in [-0.39, 0.29) is 6.61 Å². The van der Waals surface area contributed by atoms with Gasteiger partial charge in [0.25, 0.3) is 0 Å². The average molecular weight is 255 g/mol. The summed E-state index contributed by atoms with van der Waals surface area (Å²) in [5.41, 5.74) is 5.81. The summed E-state index contributed by atoms with van der Waals surface area (Å²) in [6.07, 6.45) is 5.57. The number of aliphatic hydroxyl groups is 1. The summed E-state index contributed by atoms with van der Waals surface area (Å²) >= 11 is 0. The summed E-state index contributed by atoms with van der Waals surface area (Å²) in [4.78, 5) is 0. The lowest BCUT2D eigenvalue weighted by Gasteiger charge is -2.12. The summed E-state index contributed by atoms with van der Waals surface area (Å²) in [5.74, 6) is 0. The number of benzene rings is 1. The van der Waals surface area contributed by atoms with Crippen LogP contribution < -0.4 is 0 Å². The second kappa shape index (κ2) is 5.62. The van der Waals surface area contributed by atoms with Gasteiger partial charge in [-0.2, -0.15) is 0 Å². The Hall–Kier alpha value is -1.54. The second-order valence-electron chi connectivity index (χ2n) is 5.36. The largest absolute Gasteiger partial charge is 0.396 e. The van der Waals surface area contributed by atoms with E-state index in [0.29, 0.717) is 0 Å². The number of hydrogen-bond donors (Lipinski definition) is 1. The molecular formula is C17H21NO. The van der Waals surface area contributed by atoms with E-state index in [1.54, 1.807) is 0 Å². The van der Waals surface area contributed by atoms with Gasteiger partial charge in [-0.05, 0) is 49.3 Å². The van der Waals surface area contributed by atoms with Crippen molar-refractivity contribution in [2.75, 3.05) is 6.61 Å². The Morgan fingerprint density at radius 2 is 1.95 bits per heavy atom. The predicted octanol–water partition coefficient (Wildman–Crippen LogP) is 2.95. The maximum atomic E-state index is 9.05. The first-order valence-corrected chi connectivity index (χ1v) is 7.23. The van der Waals surface area contributed by atoms with Crippen LogP contribution in [0.25, 0.3) is 0 Å². The van der Waals surface area contributed by atoms with Crippen molar-refractivity contribution < 1.29 is 5.11 Å². The zero-order chi connectivity index (χ0) is 13.1. The lowest BCUT2D eigenvalue weighted by Crippen LogP contribution is -2.08. The summed E-state index contributed by atoms with van der Waals surface area (Å²) in [7, 11) is 0. The number of nitrogens with zero attached hydrogens (tertiary/aromatic N) is 1. The number of aryl methyl sites for hydroxylation is 2. The van der Waals surface area contributed by atoms with Gasteiger partial charge in [0.05, 0.1) is 0 Å². The minimum absolute atomic E-state index is 0.279. The van der Waals surface area contributed by atoms with Crippen molar-refractivity contribution in [3.05, 3.63) is 58.9 Å². The molecular weight excluding hydrogens is 234 g/mol. The standard InChI is InChI=1S/C17H21NO/c19-11-5-9-16-12-15-8-4-10-17(15)18(16)13-14-6-2-1-3-7-14/h1-3,6-7,12,19H,4-5,8-11,13H2. The summed E-state index contributed by atoms with van der Waals surface area (Å²) in [6.45, 7) is 1.25. The third-order valence-electron chi connectivity index (χ3n) is 4.02. The molecule has 0 atom stereocenters. The van der Waals surface area contributed by atoms with Crippen LogP contribution in [-0.2, 0) is 25.8 Å². The first-order valence-electron chi connectivity index (χ1n) is 7.23. The Morgan fingerprint density at radius 3 is 2.74 bits per heavy atom. The van der Waals surface area contributed by atoms with Crippen LogP contribution in [0.5, 0.6) is 0 Å². The third-order valence-corrected chi connectivity index (χ3v) is 4.02. The zero-order valence-electron chi connectivity index (χ0n) is 11.3. The van der Waals surface area contributed by atoms with E-state index in [1.165, 1.54) is 41.8 Å². The minimum atomic E-state index is 0.279. The molecule has 2 heteroatoms. The average Bonchev–Trinajstić information content (AvgIpc) is 3.01. The summed E-state index contributed by atoms with van der Waals surface area (Å²) < 4.78 is 2.48. The van der Waals surface area contributed by atoms with Crippen molar-refractivity contribution in [2.24, 2.45) is 0 Å². The number of hydrogen-bond acceptors (Lipinski definition) is 1. The molecule has 2 aromatic rings. The van der Waals surface area contributed by atoms with Crippen molar-refractivity contribution >= 4 is 0 Å². The Labute approximate surface area is 114 Å². The van der Waals surface area contributed by atoms with Gasteiger partial charge in [0.1, 0.15) is 0 Å². The summed E-state index contributed by atoms with van der Waals surface area (Å²) in [6, 6.07) is 13.0. The maximum absolute atomic E-state index is 9.05. The maximum Gasteiger partial charge on any atom is 0.0475 e. The molecule has 0 amide bonds. The molecule has 0 radical (unpaired) electrons. The first-order chi connectivity index (χ1) is 9.38. The highest BCUT2D eigenvalue weighted by atomic mass is 16.2. The molecule has 0 aliphatic heterocycles. The number of aliphatic hydroxyl groups excluding tert-OH is 1. The highest BCUT2D eigenvalue weighted by Gasteiger charge is 2.19. The quantitative estimate of drug-likeness (QED) is 0.873. The van der Waals surface area contributed by atoms with Crippen LogP contribution in [0.4, 0.5) is 0 Å². The third kappa shape index (κ3) is 2.59. The molecule has 0 saturated heterocycles. The normalized spacial score (nSPS) is 13.7. The van der Waals surface area contributed by atoms with Crippen molar-refractivity contribution in [1.82, 2.24) is 4.57 Å². The molecule has 0 saturated carbocycles. The lowest BCUT2D eigenvalue weighted by molar-refractivity contribution is 0.287. The fourth-order valence-electron chi connectivity index (χ4n) is 3.10. The van der Waals surface area contributed by atoms with Crippen LogP contribution >= 0.6 is 0 Å². The molecule has 1 aliphatic carbocycles.